The molecule has 3 saturated heterocycles. The van der Waals surface area contributed by atoms with Crippen LogP contribution in [0.4, 0.5) is 0 Å². The van der Waals surface area contributed by atoms with Gasteiger partial charge in [-0.25, -0.2) is 0 Å². The Hall–Kier alpha value is -0.440. The van der Waals surface area contributed by atoms with Crippen LogP contribution in [0, 0.1) is 17.8 Å². The molecule has 3 aliphatic heterocycles. The van der Waals surface area contributed by atoms with E-state index in [1.54, 1.807) is 0 Å². The van der Waals surface area contributed by atoms with Crippen LogP contribution in [0.1, 0.15) is 30.4 Å². The molecule has 0 amide bonds. The van der Waals surface area contributed by atoms with E-state index in [4.69, 9.17) is 0 Å². The first-order valence-electron chi connectivity index (χ1n) is 10.9. The third kappa shape index (κ3) is 4.91. The zero-order valence-electron chi connectivity index (χ0n) is 17.8. The van der Waals surface area contributed by atoms with Crippen molar-refractivity contribution in [3.63, 3.8) is 0 Å². The molecule has 4 fully saturated rings. The molecule has 4 heterocycles. The second-order valence-electron chi connectivity index (χ2n) is 9.34. The highest BCUT2D eigenvalue weighted by Crippen LogP contribution is 2.49. The number of halogens is 2. The van der Waals surface area contributed by atoms with Gasteiger partial charge in [0.25, 0.3) is 0 Å². The summed E-state index contributed by atoms with van der Waals surface area (Å²) in [6.07, 6.45) is 2.47. The number of likely N-dealkylation sites (tertiary alicyclic amines) is 1. The monoisotopic (exact) mass is 445 g/mol. The summed E-state index contributed by atoms with van der Waals surface area (Å²) < 4.78 is 2.29. The van der Waals surface area contributed by atoms with Crippen molar-refractivity contribution < 1.29 is 0 Å². The average Bonchev–Trinajstić information content (AvgIpc) is 3.01. The van der Waals surface area contributed by atoms with Gasteiger partial charge in [0.15, 0.2) is 0 Å². The predicted octanol–water partition coefficient (Wildman–Crippen LogP) is 1.05. The van der Waals surface area contributed by atoms with Crippen molar-refractivity contribution >= 4 is 24.8 Å². The normalized spacial score (nSPS) is 31.2. The number of nitrogens with one attached hydrogen (secondary N) is 1. The molecule has 1 aromatic rings. The molecule has 0 bridgehead atoms. The second kappa shape index (κ2) is 9.79. The molecule has 1 unspecified atom stereocenters. The Bertz CT molecular complexity index is 643. The van der Waals surface area contributed by atoms with E-state index in [0.29, 0.717) is 5.92 Å². The first kappa shape index (κ1) is 23.2. The number of hydrogen-bond donors (Lipinski definition) is 1. The molecule has 0 radical (unpaired) electrons. The maximum Gasteiger partial charge on any atom is 0.146 e. The average molecular weight is 446 g/mol. The smallest absolute Gasteiger partial charge is 0.146 e. The second-order valence-corrected chi connectivity index (χ2v) is 9.34. The van der Waals surface area contributed by atoms with Gasteiger partial charge in [-0.05, 0) is 63.8 Å². The SMILES string of the molecule is CN1CCN(Cc2nnc(C3CCN(CC4[C@H]5CNC[C@@H]45)CC3)n2C)CC1.Cl.Cl. The van der Waals surface area contributed by atoms with Gasteiger partial charge in [-0.1, -0.05) is 0 Å². The van der Waals surface area contributed by atoms with Crippen LogP contribution in [-0.4, -0.2) is 95.4 Å². The molecule has 0 spiro atoms. The van der Waals surface area contributed by atoms with Gasteiger partial charge >= 0.3 is 0 Å². The van der Waals surface area contributed by atoms with E-state index in [-0.39, 0.29) is 24.8 Å². The number of aromatic nitrogens is 3. The minimum absolute atomic E-state index is 0. The first-order chi connectivity index (χ1) is 13.2. The molecule has 29 heavy (non-hydrogen) atoms. The topological polar surface area (TPSA) is 52.5 Å². The maximum absolute atomic E-state index is 4.61. The molecule has 7 nitrogen and oxygen atoms in total. The maximum atomic E-state index is 4.61. The van der Waals surface area contributed by atoms with Gasteiger partial charge < -0.3 is 19.7 Å². The zero-order valence-corrected chi connectivity index (χ0v) is 19.4. The Morgan fingerprint density at radius 1 is 0.862 bits per heavy atom. The summed E-state index contributed by atoms with van der Waals surface area (Å²) in [7, 11) is 4.38. The van der Waals surface area contributed by atoms with Gasteiger partial charge in [-0.15, -0.1) is 35.0 Å². The largest absolute Gasteiger partial charge is 0.317 e. The van der Waals surface area contributed by atoms with Gasteiger partial charge in [-0.3, -0.25) is 4.90 Å². The van der Waals surface area contributed by atoms with Crippen molar-refractivity contribution in [2.45, 2.75) is 25.3 Å². The molecule has 3 atom stereocenters. The van der Waals surface area contributed by atoms with Crippen LogP contribution in [0.25, 0.3) is 0 Å². The van der Waals surface area contributed by atoms with Gasteiger partial charge in [0.1, 0.15) is 11.6 Å². The minimum Gasteiger partial charge on any atom is -0.317 e. The van der Waals surface area contributed by atoms with Crippen molar-refractivity contribution in [2.24, 2.45) is 24.8 Å². The summed E-state index contributed by atoms with van der Waals surface area (Å²) in [5.41, 5.74) is 0. The summed E-state index contributed by atoms with van der Waals surface area (Å²) >= 11 is 0. The highest BCUT2D eigenvalue weighted by atomic mass is 35.5. The van der Waals surface area contributed by atoms with Crippen molar-refractivity contribution in [2.75, 3.05) is 66.0 Å². The van der Waals surface area contributed by atoms with E-state index in [9.17, 15) is 0 Å². The molecule has 1 aliphatic carbocycles. The predicted molar refractivity (Wildman–Crippen MR) is 120 cm³/mol. The van der Waals surface area contributed by atoms with E-state index < -0.39 is 0 Å². The Morgan fingerprint density at radius 2 is 1.52 bits per heavy atom. The molecular weight excluding hydrogens is 409 g/mol. The van der Waals surface area contributed by atoms with Crippen LogP contribution in [0.15, 0.2) is 0 Å². The number of fused-ring (bicyclic) bond motifs is 1. The standard InChI is InChI=1S/C20H35N7.2ClH/c1-24-7-9-27(10-8-24)14-19-22-23-20(25(19)2)15-3-5-26(6-4-15)13-18-16-11-21-12-17(16)18;;/h15-18,21H,3-14H2,1-2H3;2*1H/t16-,17+,18?;;. The lowest BCUT2D eigenvalue weighted by atomic mass is 9.95. The summed E-state index contributed by atoms with van der Waals surface area (Å²) in [5.74, 6) is 5.88. The van der Waals surface area contributed by atoms with E-state index in [0.717, 1.165) is 56.3 Å². The Balaban J connectivity index is 0.00000120. The molecular formula is C20H37Cl2N7. The number of rotatable bonds is 5. The number of likely N-dealkylation sites (N-methyl/N-ethyl adjacent to an activating group) is 1. The lowest BCUT2D eigenvalue weighted by molar-refractivity contribution is 0.144. The van der Waals surface area contributed by atoms with Gasteiger partial charge in [-0.2, -0.15) is 0 Å². The van der Waals surface area contributed by atoms with Crippen LogP contribution >= 0.6 is 24.8 Å². The highest BCUT2D eigenvalue weighted by Gasteiger charge is 2.52. The summed E-state index contributed by atoms with van der Waals surface area (Å²) in [5, 5.41) is 12.7. The van der Waals surface area contributed by atoms with E-state index >= 15 is 0 Å². The van der Waals surface area contributed by atoms with E-state index in [1.165, 1.54) is 51.4 Å². The fraction of sp³-hybridized carbons (Fsp3) is 0.900. The lowest BCUT2D eigenvalue weighted by Crippen LogP contribution is -2.44. The summed E-state index contributed by atoms with van der Waals surface area (Å²) in [6, 6.07) is 0. The Morgan fingerprint density at radius 3 is 2.17 bits per heavy atom. The van der Waals surface area contributed by atoms with Crippen LogP contribution < -0.4 is 5.32 Å². The molecule has 1 N–H and O–H groups in total. The van der Waals surface area contributed by atoms with Crippen LogP contribution in [-0.2, 0) is 13.6 Å². The van der Waals surface area contributed by atoms with E-state index in [2.05, 4.69) is 48.9 Å². The zero-order chi connectivity index (χ0) is 18.4. The molecule has 0 aromatic carbocycles. The van der Waals surface area contributed by atoms with Gasteiger partial charge in [0, 0.05) is 45.7 Å². The number of piperidine rings is 2. The highest BCUT2D eigenvalue weighted by molar-refractivity contribution is 5.85. The fourth-order valence-corrected chi connectivity index (χ4v) is 5.56. The van der Waals surface area contributed by atoms with Gasteiger partial charge in [0.2, 0.25) is 0 Å². The van der Waals surface area contributed by atoms with Crippen molar-refractivity contribution in [1.29, 1.82) is 0 Å². The van der Waals surface area contributed by atoms with Crippen molar-refractivity contribution in [1.82, 2.24) is 34.8 Å². The summed E-state index contributed by atoms with van der Waals surface area (Å²) in [4.78, 5) is 7.62. The molecule has 4 aliphatic rings. The first-order valence-corrected chi connectivity index (χ1v) is 10.9. The third-order valence-electron chi connectivity index (χ3n) is 7.65. The van der Waals surface area contributed by atoms with Crippen molar-refractivity contribution in [3.05, 3.63) is 11.6 Å². The number of piperazine rings is 1. The Labute approximate surface area is 187 Å². The van der Waals surface area contributed by atoms with Crippen molar-refractivity contribution in [3.8, 4) is 0 Å². The number of nitrogens with zero attached hydrogens (tertiary/aromatic N) is 6. The third-order valence-corrected chi connectivity index (χ3v) is 7.65. The molecule has 9 heteroatoms. The fourth-order valence-electron chi connectivity index (χ4n) is 5.56. The number of hydrogen-bond acceptors (Lipinski definition) is 6. The lowest BCUT2D eigenvalue weighted by Gasteiger charge is -2.32. The quantitative estimate of drug-likeness (QED) is 0.730. The minimum atomic E-state index is 0. The molecule has 5 rings (SSSR count). The Kier molecular flexibility index (Phi) is 7.84. The molecule has 1 aromatic heterocycles. The van der Waals surface area contributed by atoms with Gasteiger partial charge in [0.05, 0.1) is 6.54 Å². The van der Waals surface area contributed by atoms with Crippen LogP contribution in [0.3, 0.4) is 0 Å². The molecule has 166 valence electrons. The van der Waals surface area contributed by atoms with E-state index in [1.807, 2.05) is 0 Å². The summed E-state index contributed by atoms with van der Waals surface area (Å²) in [6.45, 7) is 11.8. The van der Waals surface area contributed by atoms with Crippen LogP contribution in [0.2, 0.25) is 0 Å². The van der Waals surface area contributed by atoms with Crippen LogP contribution in [0.5, 0.6) is 0 Å². The molecule has 1 saturated carbocycles.